The second-order valence-corrected chi connectivity index (χ2v) is 6.25. The van der Waals surface area contributed by atoms with Gasteiger partial charge in [-0.1, -0.05) is 30.3 Å². The second-order valence-electron chi connectivity index (χ2n) is 4.18. The van der Waals surface area contributed by atoms with Crippen molar-refractivity contribution in [1.29, 1.82) is 0 Å². The molecule has 0 saturated carbocycles. The summed E-state index contributed by atoms with van der Waals surface area (Å²) in [5.41, 5.74) is 0. The van der Waals surface area contributed by atoms with Gasteiger partial charge in [-0.25, -0.2) is 4.98 Å². The van der Waals surface area contributed by atoms with Gasteiger partial charge in [0.15, 0.2) is 5.16 Å². The summed E-state index contributed by atoms with van der Waals surface area (Å²) in [5.74, 6) is 1.92. The van der Waals surface area contributed by atoms with Gasteiger partial charge < -0.3 is 10.1 Å². The van der Waals surface area contributed by atoms with Crippen LogP contribution in [0.25, 0.3) is 0 Å². The monoisotopic (exact) mass is 387 g/mol. The molecule has 21 heavy (non-hydrogen) atoms. The van der Waals surface area contributed by atoms with Crippen molar-refractivity contribution >= 4 is 45.1 Å². The van der Waals surface area contributed by atoms with E-state index in [1.807, 2.05) is 6.26 Å². The largest absolute Gasteiger partial charge is 0.438 e. The summed E-state index contributed by atoms with van der Waals surface area (Å²) in [7, 11) is 0. The Morgan fingerprint density at radius 1 is 1.33 bits per heavy atom. The molecule has 0 aliphatic heterocycles. The van der Waals surface area contributed by atoms with E-state index in [1.165, 1.54) is 11.8 Å². The topological polar surface area (TPSA) is 47.0 Å². The van der Waals surface area contributed by atoms with Crippen LogP contribution in [0.1, 0.15) is 13.3 Å². The average molecular weight is 389 g/mol. The third-order valence-corrected chi connectivity index (χ3v) is 3.93. The third-order valence-electron chi connectivity index (χ3n) is 2.53. The Morgan fingerprint density at radius 3 is 2.81 bits per heavy atom. The van der Waals surface area contributed by atoms with Crippen LogP contribution in [0.5, 0.6) is 11.6 Å². The normalized spacial score (nSPS) is 10.5. The highest BCUT2D eigenvalue weighted by molar-refractivity contribution is 9.10. The minimum absolute atomic E-state index is 0.496. The predicted molar refractivity (Wildman–Crippen MR) is 91.8 cm³/mol. The SMILES string of the molecule is CCCNc1cc(Oc2ccc(Cl)cc2Br)nc(SC)n1. The number of ether oxygens (including phenoxy) is 1. The van der Waals surface area contributed by atoms with Crippen LogP contribution in [0.15, 0.2) is 33.9 Å². The standard InChI is InChI=1S/C14H15BrClN3OS/c1-3-6-17-12-8-13(19-14(18-12)21-2)20-11-5-4-9(16)7-10(11)15/h4-5,7-8H,3,6H2,1-2H3,(H,17,18,19). The number of nitrogens with one attached hydrogen (secondary N) is 1. The molecule has 0 spiro atoms. The molecule has 1 heterocycles. The zero-order chi connectivity index (χ0) is 15.2. The molecular weight excluding hydrogens is 374 g/mol. The summed E-state index contributed by atoms with van der Waals surface area (Å²) in [6.07, 6.45) is 2.96. The Morgan fingerprint density at radius 2 is 2.14 bits per heavy atom. The van der Waals surface area contributed by atoms with E-state index in [4.69, 9.17) is 16.3 Å². The summed E-state index contributed by atoms with van der Waals surface area (Å²) >= 11 is 10.8. The molecule has 0 atom stereocenters. The maximum Gasteiger partial charge on any atom is 0.225 e. The van der Waals surface area contributed by atoms with Gasteiger partial charge in [0, 0.05) is 17.6 Å². The molecule has 0 radical (unpaired) electrons. The van der Waals surface area contributed by atoms with E-state index >= 15 is 0 Å². The second kappa shape index (κ2) is 7.87. The molecule has 0 aliphatic carbocycles. The molecule has 7 heteroatoms. The highest BCUT2D eigenvalue weighted by atomic mass is 79.9. The third kappa shape index (κ3) is 4.76. The van der Waals surface area contributed by atoms with Crippen LogP contribution in [0.4, 0.5) is 5.82 Å². The number of hydrogen-bond donors (Lipinski definition) is 1. The quantitative estimate of drug-likeness (QED) is 0.542. The lowest BCUT2D eigenvalue weighted by Gasteiger charge is -2.10. The lowest BCUT2D eigenvalue weighted by molar-refractivity contribution is 0.453. The van der Waals surface area contributed by atoms with Crippen LogP contribution in [0.2, 0.25) is 5.02 Å². The Hall–Kier alpha value is -0.980. The van der Waals surface area contributed by atoms with Gasteiger partial charge in [0.2, 0.25) is 5.88 Å². The van der Waals surface area contributed by atoms with E-state index in [-0.39, 0.29) is 0 Å². The lowest BCUT2D eigenvalue weighted by Crippen LogP contribution is -2.04. The van der Waals surface area contributed by atoms with Crippen LogP contribution >= 0.6 is 39.3 Å². The molecule has 2 rings (SSSR count). The molecule has 0 amide bonds. The zero-order valence-electron chi connectivity index (χ0n) is 11.7. The maximum absolute atomic E-state index is 5.93. The number of hydrogen-bond acceptors (Lipinski definition) is 5. The van der Waals surface area contributed by atoms with Crippen molar-refractivity contribution in [2.75, 3.05) is 18.1 Å². The number of halogens is 2. The Kier molecular flexibility index (Phi) is 6.14. The average Bonchev–Trinajstić information content (AvgIpc) is 2.48. The number of nitrogens with zero attached hydrogens (tertiary/aromatic N) is 2. The van der Waals surface area contributed by atoms with E-state index in [1.54, 1.807) is 24.3 Å². The Labute approximate surface area is 141 Å². The molecule has 0 aliphatic rings. The van der Waals surface area contributed by atoms with Crippen molar-refractivity contribution in [3.05, 3.63) is 33.8 Å². The van der Waals surface area contributed by atoms with Gasteiger partial charge in [-0.15, -0.1) is 0 Å². The van der Waals surface area contributed by atoms with Crippen LogP contribution in [0, 0.1) is 0 Å². The molecule has 0 saturated heterocycles. The Balaban J connectivity index is 2.25. The van der Waals surface area contributed by atoms with Gasteiger partial charge in [-0.3, -0.25) is 0 Å². The molecule has 1 aromatic heterocycles. The highest BCUT2D eigenvalue weighted by Gasteiger charge is 2.08. The maximum atomic E-state index is 5.93. The smallest absolute Gasteiger partial charge is 0.225 e. The number of thioether (sulfide) groups is 1. The minimum atomic E-state index is 0.496. The van der Waals surface area contributed by atoms with Gasteiger partial charge in [0.25, 0.3) is 0 Å². The molecule has 1 aromatic carbocycles. The highest BCUT2D eigenvalue weighted by Crippen LogP contribution is 2.32. The minimum Gasteiger partial charge on any atom is -0.438 e. The molecular formula is C14H15BrClN3OS. The summed E-state index contributed by atoms with van der Waals surface area (Å²) in [6.45, 7) is 2.96. The zero-order valence-corrected chi connectivity index (χ0v) is 14.8. The van der Waals surface area contributed by atoms with Crippen molar-refractivity contribution in [2.24, 2.45) is 0 Å². The number of anilines is 1. The van der Waals surface area contributed by atoms with E-state index in [0.29, 0.717) is 21.8 Å². The number of benzene rings is 1. The fraction of sp³-hybridized carbons (Fsp3) is 0.286. The first kappa shape index (κ1) is 16.4. The number of rotatable bonds is 6. The Bertz CT molecular complexity index is 627. The summed E-state index contributed by atoms with van der Waals surface area (Å²) in [6, 6.07) is 7.14. The molecule has 2 aromatic rings. The van der Waals surface area contributed by atoms with E-state index < -0.39 is 0 Å². The van der Waals surface area contributed by atoms with Crippen molar-refractivity contribution in [2.45, 2.75) is 18.5 Å². The van der Waals surface area contributed by atoms with Crippen LogP contribution in [-0.4, -0.2) is 22.8 Å². The van der Waals surface area contributed by atoms with Crippen LogP contribution < -0.4 is 10.1 Å². The summed E-state index contributed by atoms with van der Waals surface area (Å²) in [5, 5.41) is 4.55. The number of aromatic nitrogens is 2. The predicted octanol–water partition coefficient (Wildman–Crippen LogP) is 5.23. The first-order chi connectivity index (χ1) is 10.1. The first-order valence-corrected chi connectivity index (χ1v) is 8.81. The fourth-order valence-corrected chi connectivity index (χ4v) is 2.70. The first-order valence-electron chi connectivity index (χ1n) is 6.42. The molecule has 1 N–H and O–H groups in total. The van der Waals surface area contributed by atoms with Gasteiger partial charge in [0.05, 0.1) is 4.47 Å². The summed E-state index contributed by atoms with van der Waals surface area (Å²) < 4.78 is 6.60. The summed E-state index contributed by atoms with van der Waals surface area (Å²) in [4.78, 5) is 8.75. The molecule has 0 unspecified atom stereocenters. The van der Waals surface area contributed by atoms with E-state index in [0.717, 1.165) is 23.3 Å². The van der Waals surface area contributed by atoms with Crippen molar-refractivity contribution in [3.8, 4) is 11.6 Å². The molecule has 112 valence electrons. The van der Waals surface area contributed by atoms with E-state index in [2.05, 4.69) is 38.1 Å². The molecule has 0 bridgehead atoms. The lowest BCUT2D eigenvalue weighted by atomic mass is 10.3. The van der Waals surface area contributed by atoms with E-state index in [9.17, 15) is 0 Å². The van der Waals surface area contributed by atoms with Gasteiger partial charge >= 0.3 is 0 Å². The van der Waals surface area contributed by atoms with Gasteiger partial charge in [-0.2, -0.15) is 4.98 Å². The van der Waals surface area contributed by atoms with Gasteiger partial charge in [-0.05, 0) is 46.8 Å². The molecule has 0 fully saturated rings. The van der Waals surface area contributed by atoms with Gasteiger partial charge in [0.1, 0.15) is 11.6 Å². The van der Waals surface area contributed by atoms with Crippen molar-refractivity contribution in [1.82, 2.24) is 9.97 Å². The van der Waals surface area contributed by atoms with Crippen molar-refractivity contribution in [3.63, 3.8) is 0 Å². The van der Waals surface area contributed by atoms with Crippen LogP contribution in [0.3, 0.4) is 0 Å². The molecule has 4 nitrogen and oxygen atoms in total. The van der Waals surface area contributed by atoms with Crippen molar-refractivity contribution < 1.29 is 4.74 Å². The van der Waals surface area contributed by atoms with Crippen LogP contribution in [-0.2, 0) is 0 Å². The fourth-order valence-electron chi connectivity index (χ4n) is 1.56.